The Morgan fingerprint density at radius 2 is 1.50 bits per heavy atom. The molecule has 0 saturated carbocycles. The van der Waals surface area contributed by atoms with Gasteiger partial charge in [0.25, 0.3) is 8.32 Å². The van der Waals surface area contributed by atoms with Crippen LogP contribution in [0.4, 0.5) is 0 Å². The Morgan fingerprint density at radius 1 is 1.00 bits per heavy atom. The van der Waals surface area contributed by atoms with Crippen LogP contribution in [-0.4, -0.2) is 26.1 Å². The van der Waals surface area contributed by atoms with Gasteiger partial charge in [0.2, 0.25) is 0 Å². The summed E-state index contributed by atoms with van der Waals surface area (Å²) >= 11 is 0. The van der Waals surface area contributed by atoms with Crippen molar-refractivity contribution in [1.82, 2.24) is 0 Å². The summed E-state index contributed by atoms with van der Waals surface area (Å²) in [5, 5.41) is 12.5. The van der Waals surface area contributed by atoms with E-state index in [-0.39, 0.29) is 11.1 Å². The molecule has 2 nitrogen and oxygen atoms in total. The molecule has 1 N–H and O–H groups in total. The van der Waals surface area contributed by atoms with Crippen LogP contribution in [-0.2, 0) is 4.43 Å². The van der Waals surface area contributed by atoms with Crippen LogP contribution in [0.15, 0.2) is 73.3 Å². The largest absolute Gasteiger partial charge is 0.407 e. The second-order valence-corrected chi connectivity index (χ2v) is 12.1. The van der Waals surface area contributed by atoms with E-state index in [1.54, 1.807) is 6.08 Å². The van der Waals surface area contributed by atoms with E-state index >= 15 is 0 Å². The molecule has 0 radical (unpaired) electrons. The van der Waals surface area contributed by atoms with Gasteiger partial charge >= 0.3 is 0 Å². The smallest absolute Gasteiger partial charge is 0.261 e. The van der Waals surface area contributed by atoms with Gasteiger partial charge < -0.3 is 9.53 Å². The molecule has 0 saturated heterocycles. The predicted molar refractivity (Wildman–Crippen MR) is 114 cm³/mol. The molecule has 2 aromatic rings. The van der Waals surface area contributed by atoms with Crippen LogP contribution in [0.25, 0.3) is 0 Å². The third-order valence-electron chi connectivity index (χ3n) is 4.86. The average molecular weight is 369 g/mol. The number of aliphatic hydroxyl groups is 1. The van der Waals surface area contributed by atoms with Crippen molar-refractivity contribution >= 4 is 18.7 Å². The third-order valence-corrected chi connectivity index (χ3v) is 9.90. The number of aliphatic hydroxyl groups excluding tert-OH is 1. The lowest BCUT2D eigenvalue weighted by molar-refractivity contribution is 0.154. The van der Waals surface area contributed by atoms with Crippen LogP contribution >= 0.6 is 0 Å². The van der Waals surface area contributed by atoms with Crippen LogP contribution in [0.3, 0.4) is 0 Å². The maximum atomic E-state index is 9.96. The molecular formula is C23H32O2Si. The second kappa shape index (κ2) is 9.31. The molecule has 26 heavy (non-hydrogen) atoms. The predicted octanol–water partition coefficient (Wildman–Crippen LogP) is 4.28. The highest BCUT2D eigenvalue weighted by Gasteiger charge is 2.49. The lowest BCUT2D eigenvalue weighted by atomic mass is 10.1. The van der Waals surface area contributed by atoms with E-state index in [2.05, 4.69) is 88.0 Å². The molecule has 0 aliphatic carbocycles. The van der Waals surface area contributed by atoms with Crippen molar-refractivity contribution in [1.29, 1.82) is 0 Å². The summed E-state index contributed by atoms with van der Waals surface area (Å²) in [6.07, 6.45) is 3.67. The van der Waals surface area contributed by atoms with Crippen molar-refractivity contribution in [3.63, 3.8) is 0 Å². The highest BCUT2D eigenvalue weighted by molar-refractivity contribution is 6.99. The van der Waals surface area contributed by atoms with Gasteiger partial charge in [-0.25, -0.2) is 0 Å². The van der Waals surface area contributed by atoms with Crippen LogP contribution in [0, 0.1) is 0 Å². The summed E-state index contributed by atoms with van der Waals surface area (Å²) in [5.74, 6) is 0. The zero-order valence-electron chi connectivity index (χ0n) is 16.3. The fraction of sp³-hybridized carbons (Fsp3) is 0.391. The Labute approximate surface area is 159 Å². The fourth-order valence-corrected chi connectivity index (χ4v) is 8.22. The number of rotatable bonds is 9. The van der Waals surface area contributed by atoms with Crippen molar-refractivity contribution in [3.05, 3.63) is 73.3 Å². The molecule has 0 aliphatic rings. The topological polar surface area (TPSA) is 29.5 Å². The molecular weight excluding hydrogens is 336 g/mol. The first-order valence-corrected chi connectivity index (χ1v) is 11.4. The minimum Gasteiger partial charge on any atom is -0.407 e. The summed E-state index contributed by atoms with van der Waals surface area (Å²) < 4.78 is 6.80. The van der Waals surface area contributed by atoms with Gasteiger partial charge in [0.15, 0.2) is 0 Å². The number of hydrogen-bond acceptors (Lipinski definition) is 2. The Morgan fingerprint density at radius 3 is 1.92 bits per heavy atom. The zero-order chi connectivity index (χ0) is 19.0. The van der Waals surface area contributed by atoms with Crippen LogP contribution in [0.5, 0.6) is 0 Å². The summed E-state index contributed by atoms with van der Waals surface area (Å²) in [6, 6.07) is 21.3. The fourth-order valence-electron chi connectivity index (χ4n) is 3.62. The SMILES string of the molecule is C=CC[C@H](O)CCCO[Si](c1ccccc1)(c1ccccc1)C(C)(C)C. The van der Waals surface area contributed by atoms with E-state index in [0.717, 1.165) is 12.8 Å². The van der Waals surface area contributed by atoms with Crippen LogP contribution in [0.2, 0.25) is 5.04 Å². The van der Waals surface area contributed by atoms with Gasteiger partial charge in [0, 0.05) is 6.61 Å². The molecule has 0 spiro atoms. The van der Waals surface area contributed by atoms with Crippen molar-refractivity contribution in [2.24, 2.45) is 0 Å². The van der Waals surface area contributed by atoms with Gasteiger partial charge in [-0.05, 0) is 34.7 Å². The third kappa shape index (κ3) is 4.73. The molecule has 0 amide bonds. The first-order chi connectivity index (χ1) is 12.4. The number of hydrogen-bond donors (Lipinski definition) is 1. The monoisotopic (exact) mass is 368 g/mol. The van der Waals surface area contributed by atoms with Crippen molar-refractivity contribution in [2.45, 2.75) is 51.2 Å². The average Bonchev–Trinajstić information content (AvgIpc) is 2.62. The zero-order valence-corrected chi connectivity index (χ0v) is 17.3. The maximum Gasteiger partial charge on any atom is 0.261 e. The van der Waals surface area contributed by atoms with E-state index in [1.165, 1.54) is 10.4 Å². The van der Waals surface area contributed by atoms with Gasteiger partial charge in [-0.15, -0.1) is 6.58 Å². The maximum absolute atomic E-state index is 9.96. The Bertz CT molecular complexity index is 622. The summed E-state index contributed by atoms with van der Waals surface area (Å²) in [4.78, 5) is 0. The van der Waals surface area contributed by atoms with E-state index in [9.17, 15) is 5.11 Å². The molecule has 0 aliphatic heterocycles. The molecule has 2 rings (SSSR count). The Kier molecular flexibility index (Phi) is 7.39. The molecule has 0 bridgehead atoms. The minimum absolute atomic E-state index is 0.00452. The van der Waals surface area contributed by atoms with Gasteiger partial charge in [-0.1, -0.05) is 87.5 Å². The standard InChI is InChI=1S/C23H32O2Si/c1-5-13-20(24)14-12-19-25-26(23(2,3)4,21-15-8-6-9-16-21)22-17-10-7-11-18-22/h5-11,15-18,20,24H,1,12-14,19H2,2-4H3/t20-/m0/s1. The van der Waals surface area contributed by atoms with E-state index in [4.69, 9.17) is 4.43 Å². The molecule has 0 unspecified atom stereocenters. The minimum atomic E-state index is -2.44. The quantitative estimate of drug-likeness (QED) is 0.407. The van der Waals surface area contributed by atoms with E-state index in [1.807, 2.05) is 0 Å². The van der Waals surface area contributed by atoms with Gasteiger partial charge in [0.1, 0.15) is 0 Å². The van der Waals surface area contributed by atoms with Gasteiger partial charge in [0.05, 0.1) is 6.10 Å². The lowest BCUT2D eigenvalue weighted by Crippen LogP contribution is -2.66. The Hall–Kier alpha value is -1.68. The van der Waals surface area contributed by atoms with E-state index in [0.29, 0.717) is 13.0 Å². The second-order valence-electron chi connectivity index (χ2n) is 7.83. The molecule has 0 fully saturated rings. The normalized spacial score (nSPS) is 13.4. The molecule has 3 heteroatoms. The molecule has 140 valence electrons. The summed E-state index contributed by atoms with van der Waals surface area (Å²) in [7, 11) is -2.44. The molecule has 1 atom stereocenters. The van der Waals surface area contributed by atoms with Gasteiger partial charge in [-0.3, -0.25) is 0 Å². The van der Waals surface area contributed by atoms with Crippen molar-refractivity contribution in [2.75, 3.05) is 6.61 Å². The molecule has 2 aromatic carbocycles. The first-order valence-electron chi connectivity index (χ1n) is 9.46. The molecule has 0 aromatic heterocycles. The Balaban J connectivity index is 2.33. The first kappa shape index (κ1) is 20.6. The van der Waals surface area contributed by atoms with E-state index < -0.39 is 8.32 Å². The lowest BCUT2D eigenvalue weighted by Gasteiger charge is -2.43. The van der Waals surface area contributed by atoms with Gasteiger partial charge in [-0.2, -0.15) is 0 Å². The highest BCUT2D eigenvalue weighted by atomic mass is 28.4. The molecule has 0 heterocycles. The summed E-state index contributed by atoms with van der Waals surface area (Å²) in [5.41, 5.74) is 0. The number of benzene rings is 2. The summed E-state index contributed by atoms with van der Waals surface area (Å²) in [6.45, 7) is 11.2. The van der Waals surface area contributed by atoms with Crippen LogP contribution in [0.1, 0.15) is 40.0 Å². The van der Waals surface area contributed by atoms with Crippen LogP contribution < -0.4 is 10.4 Å². The van der Waals surface area contributed by atoms with Crippen molar-refractivity contribution in [3.8, 4) is 0 Å². The van der Waals surface area contributed by atoms with Crippen molar-refractivity contribution < 1.29 is 9.53 Å². The highest BCUT2D eigenvalue weighted by Crippen LogP contribution is 2.36.